The zero-order valence-corrected chi connectivity index (χ0v) is 9.56. The number of ketones is 1. The van der Waals surface area contributed by atoms with Gasteiger partial charge in [-0.05, 0) is 59.1 Å². The normalized spacial score (nSPS) is 11.6. The fourth-order valence-electron chi connectivity index (χ4n) is 1.13. The highest BCUT2D eigenvalue weighted by Crippen LogP contribution is 2.21. The highest BCUT2D eigenvalue weighted by molar-refractivity contribution is 9.10. The van der Waals surface area contributed by atoms with E-state index in [0.29, 0.717) is 4.47 Å². The van der Waals surface area contributed by atoms with Crippen LogP contribution in [0.3, 0.4) is 0 Å². The molecule has 1 rings (SSSR count). The first-order chi connectivity index (χ1) is 6.50. The summed E-state index contributed by atoms with van der Waals surface area (Å²) in [5.74, 6) is -0.313. The Kier molecular flexibility index (Phi) is 3.58. The first-order valence-electron chi connectivity index (χ1n) is 4.15. The fraction of sp³-hybridized carbons (Fsp3) is 0.182. The van der Waals surface area contributed by atoms with Gasteiger partial charge in [0.1, 0.15) is 5.82 Å². The van der Waals surface area contributed by atoms with E-state index in [-0.39, 0.29) is 11.6 Å². The van der Waals surface area contributed by atoms with Gasteiger partial charge in [0.2, 0.25) is 0 Å². The monoisotopic (exact) mass is 256 g/mol. The quantitative estimate of drug-likeness (QED) is 0.740. The van der Waals surface area contributed by atoms with Crippen LogP contribution in [0.15, 0.2) is 28.7 Å². The van der Waals surface area contributed by atoms with Crippen molar-refractivity contribution in [3.05, 3.63) is 40.1 Å². The molecular weight excluding hydrogens is 247 g/mol. The highest BCUT2D eigenvalue weighted by Gasteiger charge is 2.02. The smallest absolute Gasteiger partial charge is 0.152 e. The van der Waals surface area contributed by atoms with Crippen LogP contribution in [0.5, 0.6) is 0 Å². The number of benzene rings is 1. The number of allylic oxidation sites excluding steroid dienone is 2. The SMILES string of the molecule is CC(=O)/C=C(/C)c1ccc(F)c(Br)c1. The first-order valence-corrected chi connectivity index (χ1v) is 4.94. The minimum Gasteiger partial charge on any atom is -0.295 e. The topological polar surface area (TPSA) is 17.1 Å². The summed E-state index contributed by atoms with van der Waals surface area (Å²) in [4.78, 5) is 10.8. The standard InChI is InChI=1S/C11H10BrFO/c1-7(5-8(2)14)9-3-4-11(13)10(12)6-9/h3-6H,1-2H3/b7-5-. The third kappa shape index (κ3) is 2.77. The maximum atomic E-state index is 12.9. The van der Waals surface area contributed by atoms with Crippen LogP contribution in [-0.2, 0) is 4.79 Å². The summed E-state index contributed by atoms with van der Waals surface area (Å²) in [5.41, 5.74) is 1.67. The molecule has 0 aromatic heterocycles. The van der Waals surface area contributed by atoms with Gasteiger partial charge in [-0.25, -0.2) is 4.39 Å². The van der Waals surface area contributed by atoms with Gasteiger partial charge in [-0.3, -0.25) is 4.79 Å². The van der Waals surface area contributed by atoms with Crippen LogP contribution in [0.1, 0.15) is 19.4 Å². The van der Waals surface area contributed by atoms with E-state index in [2.05, 4.69) is 15.9 Å². The Morgan fingerprint density at radius 3 is 2.57 bits per heavy atom. The number of hydrogen-bond donors (Lipinski definition) is 0. The minimum absolute atomic E-state index is 0.0112. The van der Waals surface area contributed by atoms with Gasteiger partial charge >= 0.3 is 0 Å². The molecule has 0 radical (unpaired) electrons. The molecule has 0 N–H and O–H groups in total. The van der Waals surface area contributed by atoms with Crippen molar-refractivity contribution >= 4 is 27.3 Å². The van der Waals surface area contributed by atoms with Crippen molar-refractivity contribution in [2.75, 3.05) is 0 Å². The summed E-state index contributed by atoms with van der Waals surface area (Å²) in [6, 6.07) is 4.68. The molecule has 0 saturated heterocycles. The molecule has 0 atom stereocenters. The van der Waals surface area contributed by atoms with Crippen molar-refractivity contribution in [3.8, 4) is 0 Å². The lowest BCUT2D eigenvalue weighted by atomic mass is 10.1. The summed E-state index contributed by atoms with van der Waals surface area (Å²) < 4.78 is 13.3. The highest BCUT2D eigenvalue weighted by atomic mass is 79.9. The Morgan fingerprint density at radius 2 is 2.07 bits per heavy atom. The molecule has 1 aromatic carbocycles. The van der Waals surface area contributed by atoms with Crippen LogP contribution in [0.2, 0.25) is 0 Å². The van der Waals surface area contributed by atoms with Crippen molar-refractivity contribution in [2.24, 2.45) is 0 Å². The Morgan fingerprint density at radius 1 is 1.43 bits per heavy atom. The summed E-state index contributed by atoms with van der Waals surface area (Å²) in [7, 11) is 0. The fourth-order valence-corrected chi connectivity index (χ4v) is 1.51. The van der Waals surface area contributed by atoms with E-state index < -0.39 is 0 Å². The lowest BCUT2D eigenvalue weighted by Gasteiger charge is -2.02. The molecule has 0 heterocycles. The van der Waals surface area contributed by atoms with Crippen molar-refractivity contribution in [1.82, 2.24) is 0 Å². The van der Waals surface area contributed by atoms with E-state index in [1.165, 1.54) is 19.1 Å². The third-order valence-corrected chi connectivity index (χ3v) is 2.40. The summed E-state index contributed by atoms with van der Waals surface area (Å²) in [6.45, 7) is 3.31. The first kappa shape index (κ1) is 11.1. The molecule has 0 aliphatic heterocycles. The van der Waals surface area contributed by atoms with Crippen LogP contribution in [0.4, 0.5) is 4.39 Å². The molecule has 0 fully saturated rings. The molecule has 0 saturated carbocycles. The van der Waals surface area contributed by atoms with Gasteiger partial charge in [0.15, 0.2) is 5.78 Å². The molecule has 0 bridgehead atoms. The second-order valence-electron chi connectivity index (χ2n) is 3.07. The molecule has 0 aliphatic carbocycles. The average Bonchev–Trinajstić information content (AvgIpc) is 2.08. The van der Waals surface area contributed by atoms with Gasteiger partial charge in [0.25, 0.3) is 0 Å². The molecule has 0 aliphatic rings. The van der Waals surface area contributed by atoms with Crippen LogP contribution in [-0.4, -0.2) is 5.78 Å². The van der Waals surface area contributed by atoms with Gasteiger partial charge in [-0.1, -0.05) is 6.07 Å². The van der Waals surface area contributed by atoms with E-state index in [1.807, 2.05) is 6.92 Å². The summed E-state index contributed by atoms with van der Waals surface area (Å²) in [6.07, 6.45) is 1.53. The maximum Gasteiger partial charge on any atom is 0.152 e. The number of rotatable bonds is 2. The zero-order chi connectivity index (χ0) is 10.7. The molecule has 74 valence electrons. The van der Waals surface area contributed by atoms with Crippen LogP contribution < -0.4 is 0 Å². The summed E-state index contributed by atoms with van der Waals surface area (Å²) >= 11 is 3.09. The number of hydrogen-bond acceptors (Lipinski definition) is 1. The Balaban J connectivity index is 3.09. The Hall–Kier alpha value is -0.960. The molecular formula is C11H10BrFO. The van der Waals surface area contributed by atoms with Crippen molar-refractivity contribution < 1.29 is 9.18 Å². The van der Waals surface area contributed by atoms with Gasteiger partial charge < -0.3 is 0 Å². The van der Waals surface area contributed by atoms with Crippen molar-refractivity contribution in [2.45, 2.75) is 13.8 Å². The van der Waals surface area contributed by atoms with Crippen LogP contribution in [0, 0.1) is 5.82 Å². The minimum atomic E-state index is -0.302. The van der Waals surface area contributed by atoms with E-state index in [9.17, 15) is 9.18 Å². The largest absolute Gasteiger partial charge is 0.295 e. The van der Waals surface area contributed by atoms with Gasteiger partial charge in [-0.2, -0.15) is 0 Å². The van der Waals surface area contributed by atoms with Crippen LogP contribution >= 0.6 is 15.9 Å². The Bertz CT molecular complexity index is 396. The lowest BCUT2D eigenvalue weighted by Crippen LogP contribution is -1.87. The number of carbonyl (C=O) groups is 1. The van der Waals surface area contributed by atoms with Gasteiger partial charge in [0, 0.05) is 0 Å². The molecule has 3 heteroatoms. The predicted molar refractivity (Wildman–Crippen MR) is 58.4 cm³/mol. The average molecular weight is 257 g/mol. The molecule has 0 unspecified atom stereocenters. The second kappa shape index (κ2) is 4.51. The van der Waals surface area contributed by atoms with Gasteiger partial charge in [0.05, 0.1) is 4.47 Å². The summed E-state index contributed by atoms with van der Waals surface area (Å²) in [5, 5.41) is 0. The lowest BCUT2D eigenvalue weighted by molar-refractivity contribution is -0.112. The third-order valence-electron chi connectivity index (χ3n) is 1.79. The second-order valence-corrected chi connectivity index (χ2v) is 3.92. The number of halogens is 2. The van der Waals surface area contributed by atoms with Crippen molar-refractivity contribution in [3.63, 3.8) is 0 Å². The van der Waals surface area contributed by atoms with E-state index in [0.717, 1.165) is 11.1 Å². The molecule has 0 amide bonds. The predicted octanol–water partition coefficient (Wildman–Crippen LogP) is 3.58. The van der Waals surface area contributed by atoms with Crippen LogP contribution in [0.25, 0.3) is 5.57 Å². The van der Waals surface area contributed by atoms with Crippen molar-refractivity contribution in [1.29, 1.82) is 0 Å². The molecule has 0 spiro atoms. The number of carbonyl (C=O) groups excluding carboxylic acids is 1. The van der Waals surface area contributed by atoms with E-state index in [1.54, 1.807) is 12.1 Å². The zero-order valence-electron chi connectivity index (χ0n) is 7.97. The van der Waals surface area contributed by atoms with E-state index >= 15 is 0 Å². The molecule has 1 nitrogen and oxygen atoms in total. The maximum absolute atomic E-state index is 12.9. The Labute approximate surface area is 90.8 Å². The van der Waals surface area contributed by atoms with Gasteiger partial charge in [-0.15, -0.1) is 0 Å². The molecule has 1 aromatic rings. The molecule has 14 heavy (non-hydrogen) atoms. The van der Waals surface area contributed by atoms with E-state index in [4.69, 9.17) is 0 Å².